The number of nitrogens with one attached hydrogen (secondary N) is 1. The van der Waals surface area contributed by atoms with Crippen molar-refractivity contribution in [2.45, 2.75) is 24.9 Å². The molecule has 0 amide bonds. The summed E-state index contributed by atoms with van der Waals surface area (Å²) in [6.07, 6.45) is 5.36. The highest BCUT2D eigenvalue weighted by Crippen LogP contribution is 2.44. The molecular formula is C12H15N3O. The Labute approximate surface area is 93.5 Å². The summed E-state index contributed by atoms with van der Waals surface area (Å²) in [6.45, 7) is 0.252. The Morgan fingerprint density at radius 3 is 3.06 bits per heavy atom. The van der Waals surface area contributed by atoms with Crippen LogP contribution >= 0.6 is 0 Å². The zero-order valence-corrected chi connectivity index (χ0v) is 8.98. The van der Waals surface area contributed by atoms with Crippen molar-refractivity contribution in [1.82, 2.24) is 9.97 Å². The van der Waals surface area contributed by atoms with E-state index in [4.69, 9.17) is 5.73 Å². The number of pyridine rings is 1. The van der Waals surface area contributed by atoms with Crippen molar-refractivity contribution in [1.29, 1.82) is 0 Å². The minimum Gasteiger partial charge on any atom is -0.387 e. The molecule has 1 aliphatic carbocycles. The molecule has 1 fully saturated rings. The van der Waals surface area contributed by atoms with Gasteiger partial charge in [0.2, 0.25) is 0 Å². The number of fused-ring (bicyclic) bond motifs is 1. The lowest BCUT2D eigenvalue weighted by molar-refractivity contribution is 0.187. The summed E-state index contributed by atoms with van der Waals surface area (Å²) >= 11 is 0. The van der Waals surface area contributed by atoms with Gasteiger partial charge in [-0.3, -0.25) is 4.98 Å². The molecule has 0 spiro atoms. The van der Waals surface area contributed by atoms with Crippen LogP contribution in [0.5, 0.6) is 0 Å². The maximum absolute atomic E-state index is 10.0. The van der Waals surface area contributed by atoms with Crippen molar-refractivity contribution in [3.8, 4) is 0 Å². The zero-order chi connectivity index (χ0) is 11.1. The first-order valence-corrected chi connectivity index (χ1v) is 5.65. The van der Waals surface area contributed by atoms with E-state index in [1.807, 2.05) is 6.07 Å². The van der Waals surface area contributed by atoms with Crippen LogP contribution in [0.4, 0.5) is 0 Å². The lowest BCUT2D eigenvalue weighted by Gasteiger charge is -2.09. The van der Waals surface area contributed by atoms with Gasteiger partial charge in [0.15, 0.2) is 0 Å². The number of rotatable bonds is 3. The zero-order valence-electron chi connectivity index (χ0n) is 8.98. The first-order valence-electron chi connectivity index (χ1n) is 5.65. The number of aromatic amines is 1. The highest BCUT2D eigenvalue weighted by molar-refractivity contribution is 5.84. The number of hydrogen-bond donors (Lipinski definition) is 3. The highest BCUT2D eigenvalue weighted by Gasteiger charge is 2.30. The Hall–Kier alpha value is -1.39. The van der Waals surface area contributed by atoms with E-state index in [0.29, 0.717) is 5.92 Å². The molecule has 4 nitrogen and oxygen atoms in total. The number of aliphatic hydroxyl groups is 1. The molecule has 3 rings (SSSR count). The van der Waals surface area contributed by atoms with Crippen molar-refractivity contribution in [2.24, 2.45) is 5.73 Å². The molecule has 0 aliphatic heterocycles. The lowest BCUT2D eigenvalue weighted by atomic mass is 10.0. The average Bonchev–Trinajstić information content (AvgIpc) is 3.09. The second-order valence-electron chi connectivity index (χ2n) is 4.40. The average molecular weight is 217 g/mol. The maximum Gasteiger partial charge on any atom is 0.0936 e. The predicted molar refractivity (Wildman–Crippen MR) is 62.1 cm³/mol. The van der Waals surface area contributed by atoms with Gasteiger partial charge in [0, 0.05) is 41.1 Å². The number of H-pyrrole nitrogens is 1. The summed E-state index contributed by atoms with van der Waals surface area (Å²) < 4.78 is 0. The summed E-state index contributed by atoms with van der Waals surface area (Å²) in [7, 11) is 0. The van der Waals surface area contributed by atoms with E-state index in [1.54, 1.807) is 12.4 Å². The van der Waals surface area contributed by atoms with Gasteiger partial charge in [0.1, 0.15) is 0 Å². The summed E-state index contributed by atoms with van der Waals surface area (Å²) in [5.41, 5.74) is 8.71. The number of nitrogens with two attached hydrogens (primary N) is 1. The quantitative estimate of drug-likeness (QED) is 0.728. The Kier molecular flexibility index (Phi) is 2.19. The third-order valence-corrected chi connectivity index (χ3v) is 3.21. The topological polar surface area (TPSA) is 74.9 Å². The molecule has 0 radical (unpaired) electrons. The van der Waals surface area contributed by atoms with Crippen molar-refractivity contribution >= 4 is 10.9 Å². The molecule has 2 aromatic heterocycles. The second kappa shape index (κ2) is 3.57. The monoisotopic (exact) mass is 217 g/mol. The van der Waals surface area contributed by atoms with Gasteiger partial charge in [-0.15, -0.1) is 0 Å². The molecule has 1 saturated carbocycles. The minimum absolute atomic E-state index is 0.252. The molecule has 1 aliphatic rings. The van der Waals surface area contributed by atoms with Crippen LogP contribution in [0.15, 0.2) is 18.5 Å². The first-order chi connectivity index (χ1) is 7.81. The summed E-state index contributed by atoms with van der Waals surface area (Å²) in [5.74, 6) is 0.573. The molecule has 2 heterocycles. The predicted octanol–water partition coefficient (Wildman–Crippen LogP) is 1.43. The van der Waals surface area contributed by atoms with Gasteiger partial charge in [0.05, 0.1) is 6.10 Å². The Bertz CT molecular complexity index is 516. The van der Waals surface area contributed by atoms with Gasteiger partial charge in [-0.2, -0.15) is 0 Å². The number of aromatic nitrogens is 2. The van der Waals surface area contributed by atoms with E-state index in [1.165, 1.54) is 12.8 Å². The fourth-order valence-corrected chi connectivity index (χ4v) is 2.25. The van der Waals surface area contributed by atoms with Gasteiger partial charge in [-0.05, 0) is 24.8 Å². The third kappa shape index (κ3) is 1.42. The Morgan fingerprint density at radius 1 is 1.56 bits per heavy atom. The Morgan fingerprint density at radius 2 is 2.38 bits per heavy atom. The lowest BCUT2D eigenvalue weighted by Crippen LogP contribution is -2.12. The number of hydrogen-bond acceptors (Lipinski definition) is 3. The largest absolute Gasteiger partial charge is 0.387 e. The van der Waals surface area contributed by atoms with E-state index in [-0.39, 0.29) is 6.54 Å². The number of aliphatic hydroxyl groups excluding tert-OH is 1. The van der Waals surface area contributed by atoms with Gasteiger partial charge >= 0.3 is 0 Å². The smallest absolute Gasteiger partial charge is 0.0936 e. The molecule has 4 heteroatoms. The molecule has 0 bridgehead atoms. The van der Waals surface area contributed by atoms with Crippen LogP contribution in [0, 0.1) is 0 Å². The van der Waals surface area contributed by atoms with Gasteiger partial charge in [0.25, 0.3) is 0 Å². The molecule has 16 heavy (non-hydrogen) atoms. The summed E-state index contributed by atoms with van der Waals surface area (Å²) in [6, 6.07) is 1.94. The molecule has 84 valence electrons. The molecular weight excluding hydrogens is 202 g/mol. The molecule has 1 unspecified atom stereocenters. The van der Waals surface area contributed by atoms with Crippen LogP contribution in [-0.2, 0) is 0 Å². The summed E-state index contributed by atoms with van der Waals surface area (Å²) in [5, 5.41) is 11.0. The van der Waals surface area contributed by atoms with Crippen LogP contribution in [-0.4, -0.2) is 21.6 Å². The van der Waals surface area contributed by atoms with Gasteiger partial charge in [-0.25, -0.2) is 0 Å². The first kappa shape index (κ1) is 9.81. The molecule has 0 aromatic carbocycles. The molecule has 0 saturated heterocycles. The molecule has 4 N–H and O–H groups in total. The molecule has 2 aromatic rings. The van der Waals surface area contributed by atoms with Gasteiger partial charge < -0.3 is 15.8 Å². The minimum atomic E-state index is -0.589. The SMILES string of the molecule is NCC(O)c1c(C2CC2)[nH]c2ccncc12. The molecule has 1 atom stereocenters. The maximum atomic E-state index is 10.0. The fraction of sp³-hybridized carbons (Fsp3) is 0.417. The standard InChI is InChI=1S/C12H15N3O/c13-5-10(16)11-8-6-14-4-3-9(8)15-12(11)7-1-2-7/h3-4,6-7,10,15-16H,1-2,5,13H2. The van der Waals surface area contributed by atoms with E-state index in [0.717, 1.165) is 22.2 Å². The summed E-state index contributed by atoms with van der Waals surface area (Å²) in [4.78, 5) is 7.50. The van der Waals surface area contributed by atoms with Gasteiger partial charge in [-0.1, -0.05) is 0 Å². The third-order valence-electron chi connectivity index (χ3n) is 3.21. The normalized spacial score (nSPS) is 17.9. The van der Waals surface area contributed by atoms with E-state index < -0.39 is 6.10 Å². The fourth-order valence-electron chi connectivity index (χ4n) is 2.25. The van der Waals surface area contributed by atoms with E-state index in [2.05, 4.69) is 9.97 Å². The van der Waals surface area contributed by atoms with Crippen LogP contribution < -0.4 is 5.73 Å². The van der Waals surface area contributed by atoms with E-state index in [9.17, 15) is 5.11 Å². The van der Waals surface area contributed by atoms with Crippen LogP contribution in [0.25, 0.3) is 10.9 Å². The highest BCUT2D eigenvalue weighted by atomic mass is 16.3. The van der Waals surface area contributed by atoms with Crippen molar-refractivity contribution in [2.75, 3.05) is 6.54 Å². The van der Waals surface area contributed by atoms with Crippen LogP contribution in [0.1, 0.15) is 36.1 Å². The van der Waals surface area contributed by atoms with Crippen molar-refractivity contribution in [3.05, 3.63) is 29.7 Å². The number of nitrogens with zero attached hydrogens (tertiary/aromatic N) is 1. The second-order valence-corrected chi connectivity index (χ2v) is 4.40. The van der Waals surface area contributed by atoms with Crippen molar-refractivity contribution < 1.29 is 5.11 Å². The van der Waals surface area contributed by atoms with Crippen LogP contribution in [0.2, 0.25) is 0 Å². The van der Waals surface area contributed by atoms with Crippen LogP contribution in [0.3, 0.4) is 0 Å². The van der Waals surface area contributed by atoms with Crippen molar-refractivity contribution in [3.63, 3.8) is 0 Å². The van der Waals surface area contributed by atoms with E-state index >= 15 is 0 Å². The Balaban J connectivity index is 2.22.